The zero-order valence-electron chi connectivity index (χ0n) is 36.5. The fraction of sp³-hybridized carbons (Fsp3) is 0.872. The minimum absolute atomic E-state index is 0.324. The Balaban J connectivity index is -0.0000000970. The molecule has 0 heterocycles. The molecule has 0 amide bonds. The van der Waals surface area contributed by atoms with E-state index in [2.05, 4.69) is 31.2 Å². The quantitative estimate of drug-likeness (QED) is 0.0257. The van der Waals surface area contributed by atoms with Crippen molar-refractivity contribution in [2.24, 2.45) is 0 Å². The molecule has 23 nitrogen and oxygen atoms in total. The van der Waals surface area contributed by atoms with Crippen molar-refractivity contribution >= 4 is 5.97 Å². The van der Waals surface area contributed by atoms with Gasteiger partial charge in [0.25, 0.3) is 0 Å². The lowest BCUT2D eigenvalue weighted by Gasteiger charge is -1.98. The third-order valence-electron chi connectivity index (χ3n) is 6.29. The summed E-state index contributed by atoms with van der Waals surface area (Å²) in [5.74, 6) is -0.671. The largest absolute Gasteiger partial charge is 0.481 e. The summed E-state index contributed by atoms with van der Waals surface area (Å²) in [5, 5.41) is 177. The fourth-order valence-electron chi connectivity index (χ4n) is 2.49. The number of aliphatic hydroxyl groups excluding tert-OH is 21. The number of hydrogen-bond donors (Lipinski definition) is 22. The Kier molecular flexibility index (Phi) is 91.7. The van der Waals surface area contributed by atoms with Crippen LogP contribution in [0.5, 0.6) is 0 Å². The maximum absolute atomic E-state index is 10.3. The van der Waals surface area contributed by atoms with Gasteiger partial charge in [0, 0.05) is 6.42 Å². The Hall–Kier alpha value is -1.89. The molecule has 0 aliphatic carbocycles. The molecule has 0 spiro atoms. The summed E-state index contributed by atoms with van der Waals surface area (Å²) in [6.07, 6.45) is 15.6. The molecule has 22 N–H and O–H groups in total. The summed E-state index contributed by atoms with van der Waals surface area (Å²) in [4.78, 5) is 10.3. The lowest BCUT2D eigenvalue weighted by atomic mass is 10.1. The number of hydrogen-bond acceptors (Lipinski definition) is 22. The normalized spacial score (nSPS) is 10.5. The molecule has 62 heavy (non-hydrogen) atoms. The van der Waals surface area contributed by atoms with Crippen LogP contribution >= 0.6 is 0 Å². The van der Waals surface area contributed by atoms with Gasteiger partial charge in [0.1, 0.15) is 42.7 Å². The van der Waals surface area contributed by atoms with Crippen molar-refractivity contribution in [3.63, 3.8) is 0 Å². The number of aliphatic hydroxyl groups is 21. The summed E-state index contributed by atoms with van der Waals surface area (Å²) < 4.78 is 0. The predicted octanol–water partition coefficient (Wildman–Crippen LogP) is -5.79. The van der Waals surface area contributed by atoms with Crippen molar-refractivity contribution in [1.29, 1.82) is 0 Å². The minimum Gasteiger partial charge on any atom is -0.481 e. The molecule has 0 aliphatic heterocycles. The Bertz CT molecular complexity index is 674. The SMILES string of the molecule is CCCCC/C=C\C/C=C\CCCCCCCC(=O)O.OCC(O)CO.OCC(O)CO.OCC(O)CO.OCC(O)CO.OCC(O)CO.OCC(O)CO.OCC(O)CO. The summed E-state index contributed by atoms with van der Waals surface area (Å²) in [6.45, 7) is -2.87. The molecular weight excluding hydrogens is 836 g/mol. The van der Waals surface area contributed by atoms with Crippen LogP contribution in [0.1, 0.15) is 84.0 Å². The second kappa shape index (κ2) is 73.5. The highest BCUT2D eigenvalue weighted by Crippen LogP contribution is 2.08. The Morgan fingerprint density at radius 3 is 0.742 bits per heavy atom. The van der Waals surface area contributed by atoms with Crippen molar-refractivity contribution in [3.8, 4) is 0 Å². The van der Waals surface area contributed by atoms with Crippen LogP contribution in [0, 0.1) is 0 Å². The van der Waals surface area contributed by atoms with E-state index in [1.807, 2.05) is 0 Å². The van der Waals surface area contributed by atoms with E-state index in [9.17, 15) is 4.79 Å². The van der Waals surface area contributed by atoms with Crippen molar-refractivity contribution < 1.29 is 117 Å². The van der Waals surface area contributed by atoms with Gasteiger partial charge < -0.3 is 112 Å². The Morgan fingerprint density at radius 1 is 0.339 bits per heavy atom. The smallest absolute Gasteiger partial charge is 0.303 e. The summed E-state index contributed by atoms with van der Waals surface area (Å²) in [5.41, 5.74) is 0. The summed E-state index contributed by atoms with van der Waals surface area (Å²) in [6, 6.07) is 0. The van der Waals surface area contributed by atoms with Gasteiger partial charge in [-0.15, -0.1) is 0 Å². The predicted molar refractivity (Wildman–Crippen MR) is 228 cm³/mol. The average molecular weight is 925 g/mol. The molecule has 0 aromatic carbocycles. The summed E-state index contributed by atoms with van der Waals surface area (Å²) >= 11 is 0. The lowest BCUT2D eigenvalue weighted by molar-refractivity contribution is -0.137. The van der Waals surface area contributed by atoms with Gasteiger partial charge in [-0.2, -0.15) is 0 Å². The molecule has 382 valence electrons. The maximum Gasteiger partial charge on any atom is 0.303 e. The second-order valence-corrected chi connectivity index (χ2v) is 12.5. The maximum atomic E-state index is 10.3. The van der Waals surface area contributed by atoms with E-state index in [1.54, 1.807) is 0 Å². The molecule has 0 saturated heterocycles. The number of rotatable bonds is 28. The number of carbonyl (C=O) groups is 1. The van der Waals surface area contributed by atoms with E-state index in [1.165, 1.54) is 44.9 Å². The van der Waals surface area contributed by atoms with Crippen LogP contribution in [-0.4, -0.2) is 254 Å². The van der Waals surface area contributed by atoms with Gasteiger partial charge in [0.15, 0.2) is 0 Å². The van der Waals surface area contributed by atoms with Crippen LogP contribution in [0.2, 0.25) is 0 Å². The average Bonchev–Trinajstić information content (AvgIpc) is 3.31. The molecular formula is C39H88O23. The van der Waals surface area contributed by atoms with Crippen LogP contribution in [0.4, 0.5) is 0 Å². The number of allylic oxidation sites excluding steroid dienone is 4. The van der Waals surface area contributed by atoms with Crippen molar-refractivity contribution in [2.75, 3.05) is 92.5 Å². The van der Waals surface area contributed by atoms with Crippen LogP contribution in [0.3, 0.4) is 0 Å². The van der Waals surface area contributed by atoms with E-state index in [0.717, 1.165) is 25.7 Å². The van der Waals surface area contributed by atoms with E-state index in [-0.39, 0.29) is 92.5 Å². The first-order valence-corrected chi connectivity index (χ1v) is 20.2. The van der Waals surface area contributed by atoms with E-state index >= 15 is 0 Å². The number of carboxylic acid groups (broad SMARTS) is 1. The molecule has 0 fully saturated rings. The standard InChI is InChI=1S/C18H32O2.7C3H8O3/c1-2-3-4-5-6-7-8-9-10-11-12-13-14-15-16-17-18(19)20;7*4-1-3(6)2-5/h6-7,9-10H,2-5,8,11-17H2,1H3,(H,19,20);7*3-6H,1-2H2/b7-6-,10-9-;;;;;;;. The van der Waals surface area contributed by atoms with Gasteiger partial charge >= 0.3 is 5.97 Å². The molecule has 0 unspecified atom stereocenters. The highest BCUT2D eigenvalue weighted by atomic mass is 16.4. The van der Waals surface area contributed by atoms with Crippen LogP contribution in [-0.2, 0) is 4.79 Å². The van der Waals surface area contributed by atoms with Crippen LogP contribution in [0.25, 0.3) is 0 Å². The fourth-order valence-corrected chi connectivity index (χ4v) is 2.49. The van der Waals surface area contributed by atoms with Crippen molar-refractivity contribution in [3.05, 3.63) is 24.3 Å². The molecule has 0 aromatic rings. The van der Waals surface area contributed by atoms with Crippen LogP contribution < -0.4 is 0 Å². The molecule has 0 aliphatic rings. The van der Waals surface area contributed by atoms with Gasteiger partial charge in [0.2, 0.25) is 0 Å². The monoisotopic (exact) mass is 925 g/mol. The van der Waals surface area contributed by atoms with Gasteiger partial charge in [-0.25, -0.2) is 0 Å². The third-order valence-corrected chi connectivity index (χ3v) is 6.29. The van der Waals surface area contributed by atoms with Crippen LogP contribution in [0.15, 0.2) is 24.3 Å². The molecule has 0 rings (SSSR count). The number of carboxylic acids is 1. The van der Waals surface area contributed by atoms with Crippen molar-refractivity contribution in [2.45, 2.75) is 127 Å². The highest BCUT2D eigenvalue weighted by Gasteiger charge is 1.98. The number of aliphatic carboxylic acids is 1. The van der Waals surface area contributed by atoms with Gasteiger partial charge in [0.05, 0.1) is 92.5 Å². The lowest BCUT2D eigenvalue weighted by Crippen LogP contribution is -2.15. The topological polar surface area (TPSA) is 462 Å². The molecule has 0 saturated carbocycles. The molecule has 0 bridgehead atoms. The third kappa shape index (κ3) is 102. The first-order valence-electron chi connectivity index (χ1n) is 20.2. The zero-order valence-corrected chi connectivity index (χ0v) is 36.5. The summed E-state index contributed by atoms with van der Waals surface area (Å²) in [7, 11) is 0. The van der Waals surface area contributed by atoms with E-state index in [4.69, 9.17) is 112 Å². The molecule has 23 heteroatoms. The first kappa shape index (κ1) is 77.3. The zero-order chi connectivity index (χ0) is 49.8. The van der Waals surface area contributed by atoms with E-state index in [0.29, 0.717) is 6.42 Å². The Morgan fingerprint density at radius 2 is 0.548 bits per heavy atom. The number of unbranched alkanes of at least 4 members (excludes halogenated alkanes) is 8. The molecule has 0 atom stereocenters. The molecule has 0 aromatic heterocycles. The molecule has 0 radical (unpaired) electrons. The van der Waals surface area contributed by atoms with Gasteiger partial charge in [-0.1, -0.05) is 63.3 Å². The minimum atomic E-state index is -0.954. The first-order chi connectivity index (χ1) is 29.4. The second-order valence-electron chi connectivity index (χ2n) is 12.5. The van der Waals surface area contributed by atoms with Gasteiger partial charge in [-0.3, -0.25) is 4.79 Å². The highest BCUT2D eigenvalue weighted by molar-refractivity contribution is 5.66. The Labute approximate surface area is 366 Å². The van der Waals surface area contributed by atoms with Crippen molar-refractivity contribution in [1.82, 2.24) is 0 Å². The van der Waals surface area contributed by atoms with Gasteiger partial charge in [-0.05, 0) is 38.5 Å². The van der Waals surface area contributed by atoms with E-state index < -0.39 is 48.7 Å².